The first-order chi connectivity index (χ1) is 9.49. The second-order valence-electron chi connectivity index (χ2n) is 3.68. The number of carboxylic acids is 1. The van der Waals surface area contributed by atoms with Crippen molar-refractivity contribution in [2.24, 2.45) is 0 Å². The minimum Gasteiger partial charge on any atom is -0.497 e. The maximum atomic E-state index is 11.9. The molecule has 6 nitrogen and oxygen atoms in total. The summed E-state index contributed by atoms with van der Waals surface area (Å²) < 4.78 is 5.83. The molecule has 0 saturated heterocycles. The molecule has 0 spiro atoms. The van der Waals surface area contributed by atoms with Gasteiger partial charge >= 0.3 is 5.97 Å². The van der Waals surface area contributed by atoms with Crippen LogP contribution in [-0.4, -0.2) is 29.1 Å². The summed E-state index contributed by atoms with van der Waals surface area (Å²) in [5.74, 6) is -1.05. The number of halogens is 1. The fraction of sp³-hybridized carbons (Fsp3) is 0.0833. The first kappa shape index (κ1) is 14.5. The molecule has 2 rings (SSSR count). The first-order valence-electron chi connectivity index (χ1n) is 5.34. The number of aromatic nitrogens is 1. The lowest BCUT2D eigenvalue weighted by Gasteiger charge is -2.06. The maximum absolute atomic E-state index is 11.9. The summed E-state index contributed by atoms with van der Waals surface area (Å²) in [4.78, 5) is 26.4. The molecule has 2 aromatic rings. The van der Waals surface area contributed by atoms with Crippen LogP contribution in [0.3, 0.4) is 0 Å². The molecule has 0 bridgehead atoms. The number of thiazole rings is 1. The largest absolute Gasteiger partial charge is 0.497 e. The lowest BCUT2D eigenvalue weighted by atomic mass is 10.3. The number of methoxy groups -OCH3 is 1. The Bertz CT molecular complexity index is 671. The Kier molecular flexibility index (Phi) is 4.35. The summed E-state index contributed by atoms with van der Waals surface area (Å²) in [7, 11) is 1.52. The van der Waals surface area contributed by atoms with E-state index in [1.54, 1.807) is 18.2 Å². The molecule has 0 atom stereocenters. The molecule has 104 valence electrons. The van der Waals surface area contributed by atoms with Gasteiger partial charge in [0.05, 0.1) is 7.11 Å². The number of hydrogen-bond donors (Lipinski definition) is 2. The number of anilines is 1. The van der Waals surface area contributed by atoms with Gasteiger partial charge in [-0.2, -0.15) is 0 Å². The van der Waals surface area contributed by atoms with Crippen LogP contribution >= 0.6 is 27.3 Å². The van der Waals surface area contributed by atoms with E-state index < -0.39 is 11.9 Å². The number of nitrogens with one attached hydrogen (secondary N) is 1. The van der Waals surface area contributed by atoms with E-state index in [4.69, 9.17) is 9.84 Å². The predicted octanol–water partition coefficient (Wildman–Crippen LogP) is 2.86. The molecule has 0 saturated carbocycles. The third-order valence-corrected chi connectivity index (χ3v) is 3.58. The van der Waals surface area contributed by atoms with E-state index in [0.717, 1.165) is 15.8 Å². The van der Waals surface area contributed by atoms with Gasteiger partial charge in [-0.15, -0.1) is 11.3 Å². The summed E-state index contributed by atoms with van der Waals surface area (Å²) in [5.41, 5.74) is 0.375. The van der Waals surface area contributed by atoms with E-state index >= 15 is 0 Å². The summed E-state index contributed by atoms with van der Waals surface area (Å²) in [6, 6.07) is 5.10. The zero-order chi connectivity index (χ0) is 14.7. The Balaban J connectivity index is 2.18. The number of benzene rings is 1. The molecule has 1 heterocycles. The predicted molar refractivity (Wildman–Crippen MR) is 77.7 cm³/mol. The average Bonchev–Trinajstić information content (AvgIpc) is 2.87. The fourth-order valence-corrected chi connectivity index (χ4v) is 2.57. The van der Waals surface area contributed by atoms with Crippen LogP contribution in [0.25, 0.3) is 0 Å². The quantitative estimate of drug-likeness (QED) is 0.879. The average molecular weight is 357 g/mol. The Morgan fingerprint density at radius 2 is 2.15 bits per heavy atom. The van der Waals surface area contributed by atoms with Gasteiger partial charge in [0.25, 0.3) is 5.91 Å². The van der Waals surface area contributed by atoms with Crippen molar-refractivity contribution in [3.05, 3.63) is 38.8 Å². The molecule has 0 aliphatic rings. The lowest BCUT2D eigenvalue weighted by Crippen LogP contribution is -2.12. The molecular weight excluding hydrogens is 348 g/mol. The van der Waals surface area contributed by atoms with Gasteiger partial charge in [0, 0.05) is 21.6 Å². The highest BCUT2D eigenvalue weighted by atomic mass is 79.9. The Morgan fingerprint density at radius 1 is 1.40 bits per heavy atom. The maximum Gasteiger partial charge on any atom is 0.355 e. The van der Waals surface area contributed by atoms with Crippen LogP contribution in [0.2, 0.25) is 0 Å². The van der Waals surface area contributed by atoms with Gasteiger partial charge in [-0.05, 0) is 12.1 Å². The van der Waals surface area contributed by atoms with E-state index in [2.05, 4.69) is 26.2 Å². The molecule has 0 aliphatic carbocycles. The van der Waals surface area contributed by atoms with Crippen LogP contribution in [0.15, 0.2) is 28.1 Å². The molecule has 8 heteroatoms. The van der Waals surface area contributed by atoms with Crippen LogP contribution in [0.4, 0.5) is 5.69 Å². The molecule has 1 aromatic heterocycles. The number of carbonyl (C=O) groups excluding carboxylic acids is 1. The number of amides is 1. The number of hydrogen-bond acceptors (Lipinski definition) is 5. The Labute approximate surface area is 126 Å². The first-order valence-corrected chi connectivity index (χ1v) is 7.01. The van der Waals surface area contributed by atoms with Crippen molar-refractivity contribution in [3.8, 4) is 5.75 Å². The molecule has 0 fully saturated rings. The van der Waals surface area contributed by atoms with Crippen molar-refractivity contribution in [1.29, 1.82) is 0 Å². The van der Waals surface area contributed by atoms with Crippen LogP contribution in [0.5, 0.6) is 5.75 Å². The van der Waals surface area contributed by atoms with Crippen molar-refractivity contribution in [1.82, 2.24) is 4.98 Å². The van der Waals surface area contributed by atoms with Gasteiger partial charge in [0.1, 0.15) is 5.75 Å². The number of carboxylic acid groups (broad SMARTS) is 1. The zero-order valence-electron chi connectivity index (χ0n) is 10.2. The van der Waals surface area contributed by atoms with Crippen LogP contribution in [0, 0.1) is 0 Å². The van der Waals surface area contributed by atoms with Gasteiger partial charge in [-0.1, -0.05) is 15.9 Å². The van der Waals surface area contributed by atoms with Crippen molar-refractivity contribution < 1.29 is 19.4 Å². The number of rotatable bonds is 4. The van der Waals surface area contributed by atoms with Gasteiger partial charge in [0.15, 0.2) is 10.7 Å². The molecule has 2 N–H and O–H groups in total. The molecule has 20 heavy (non-hydrogen) atoms. The van der Waals surface area contributed by atoms with Crippen molar-refractivity contribution in [2.75, 3.05) is 12.4 Å². The summed E-state index contributed by atoms with van der Waals surface area (Å²) in [5, 5.41) is 12.8. The minimum absolute atomic E-state index is 0.0846. The number of carbonyl (C=O) groups is 2. The van der Waals surface area contributed by atoms with E-state index in [1.807, 2.05) is 0 Å². The lowest BCUT2D eigenvalue weighted by molar-refractivity contribution is 0.0691. The summed E-state index contributed by atoms with van der Waals surface area (Å²) in [6.45, 7) is 0. The molecule has 1 aromatic carbocycles. The topological polar surface area (TPSA) is 88.5 Å². The molecule has 0 aliphatic heterocycles. The van der Waals surface area contributed by atoms with Crippen molar-refractivity contribution >= 4 is 44.8 Å². The Hall–Kier alpha value is -1.93. The number of nitrogens with zero attached hydrogens (tertiary/aromatic N) is 1. The van der Waals surface area contributed by atoms with Crippen LogP contribution in [0.1, 0.15) is 20.3 Å². The highest BCUT2D eigenvalue weighted by molar-refractivity contribution is 9.10. The third kappa shape index (κ3) is 3.34. The van der Waals surface area contributed by atoms with Crippen LogP contribution < -0.4 is 10.1 Å². The van der Waals surface area contributed by atoms with Gasteiger partial charge < -0.3 is 15.2 Å². The van der Waals surface area contributed by atoms with Gasteiger partial charge in [-0.3, -0.25) is 4.79 Å². The molecule has 0 unspecified atom stereocenters. The summed E-state index contributed by atoms with van der Waals surface area (Å²) >= 11 is 4.27. The number of ether oxygens (including phenoxy) is 1. The monoisotopic (exact) mass is 356 g/mol. The second-order valence-corrected chi connectivity index (χ2v) is 5.45. The smallest absolute Gasteiger partial charge is 0.355 e. The molecule has 1 amide bonds. The third-order valence-electron chi connectivity index (χ3n) is 2.28. The van der Waals surface area contributed by atoms with Gasteiger partial charge in [-0.25, -0.2) is 9.78 Å². The fourth-order valence-electron chi connectivity index (χ4n) is 1.41. The minimum atomic E-state index is -1.16. The van der Waals surface area contributed by atoms with E-state index in [9.17, 15) is 9.59 Å². The van der Waals surface area contributed by atoms with Crippen LogP contribution in [-0.2, 0) is 0 Å². The second kappa shape index (κ2) is 6.02. The summed E-state index contributed by atoms with van der Waals surface area (Å²) in [6.07, 6.45) is 0. The zero-order valence-corrected chi connectivity index (χ0v) is 12.6. The number of aromatic carboxylic acids is 1. The standard InChI is InChI=1S/C12H9BrN2O4S/c1-19-8-3-6(13)2-7(4-8)14-10(16)11-15-9(5-20-11)12(17)18/h2-5H,1H3,(H,14,16)(H,17,18). The van der Waals surface area contributed by atoms with Crippen molar-refractivity contribution in [3.63, 3.8) is 0 Å². The van der Waals surface area contributed by atoms with Gasteiger partial charge in [0.2, 0.25) is 0 Å². The van der Waals surface area contributed by atoms with E-state index in [1.165, 1.54) is 12.5 Å². The van der Waals surface area contributed by atoms with E-state index in [0.29, 0.717) is 11.4 Å². The normalized spacial score (nSPS) is 10.1. The SMILES string of the molecule is COc1cc(Br)cc(NC(=O)c2nc(C(=O)O)cs2)c1. The Morgan fingerprint density at radius 3 is 2.75 bits per heavy atom. The highest BCUT2D eigenvalue weighted by Gasteiger charge is 2.15. The van der Waals surface area contributed by atoms with E-state index in [-0.39, 0.29) is 10.7 Å². The molecular formula is C12H9BrN2O4S. The molecule has 0 radical (unpaired) electrons. The highest BCUT2D eigenvalue weighted by Crippen LogP contribution is 2.25. The van der Waals surface area contributed by atoms with Crippen molar-refractivity contribution in [2.45, 2.75) is 0 Å².